The number of Topliss-reactive ketones (excluding diaryl/α,β-unsaturated/α-hetero) is 1. The van der Waals surface area contributed by atoms with Gasteiger partial charge in [-0.05, 0) is 37.6 Å². The minimum atomic E-state index is 0.0937. The number of nitrogens with zero attached hydrogens (tertiary/aromatic N) is 3. The third-order valence-corrected chi connectivity index (χ3v) is 6.38. The molecular weight excluding hydrogens is 402 g/mol. The standard InChI is InChI=1S/C23H20ClN3OS/c1-15-11-19(16(2)27(15)12-17-7-3-5-9-20(17)24)22(28)13-29-23-18-8-4-6-10-21(18)25-14-26-23/h3-11,14H,12-13H2,1-2H3. The summed E-state index contributed by atoms with van der Waals surface area (Å²) in [6.07, 6.45) is 1.55. The number of halogens is 1. The molecule has 6 heteroatoms. The van der Waals surface area contributed by atoms with E-state index in [0.717, 1.165) is 43.5 Å². The predicted molar refractivity (Wildman–Crippen MR) is 119 cm³/mol. The van der Waals surface area contributed by atoms with E-state index in [2.05, 4.69) is 14.5 Å². The highest BCUT2D eigenvalue weighted by molar-refractivity contribution is 8.00. The number of hydrogen-bond donors (Lipinski definition) is 0. The van der Waals surface area contributed by atoms with Gasteiger partial charge in [0.05, 0.1) is 11.3 Å². The maximum Gasteiger partial charge on any atom is 0.174 e. The molecule has 4 rings (SSSR count). The fourth-order valence-corrected chi connectivity index (χ4v) is 4.50. The highest BCUT2D eigenvalue weighted by Crippen LogP contribution is 2.27. The molecule has 4 nitrogen and oxygen atoms in total. The second-order valence-corrected chi connectivity index (χ2v) is 8.24. The highest BCUT2D eigenvalue weighted by atomic mass is 35.5. The lowest BCUT2D eigenvalue weighted by molar-refractivity contribution is 0.102. The second-order valence-electron chi connectivity index (χ2n) is 6.87. The number of para-hydroxylation sites is 1. The maximum absolute atomic E-state index is 13.0. The Morgan fingerprint density at radius 1 is 1.07 bits per heavy atom. The van der Waals surface area contributed by atoms with Crippen LogP contribution < -0.4 is 0 Å². The quantitative estimate of drug-likeness (QED) is 0.227. The Bertz CT molecular complexity index is 1200. The molecule has 0 bridgehead atoms. The summed E-state index contributed by atoms with van der Waals surface area (Å²) >= 11 is 7.77. The molecule has 0 aliphatic heterocycles. The molecule has 4 aromatic rings. The number of hydrogen-bond acceptors (Lipinski definition) is 4. The van der Waals surface area contributed by atoms with Crippen molar-refractivity contribution in [1.29, 1.82) is 0 Å². The van der Waals surface area contributed by atoms with Crippen molar-refractivity contribution in [2.45, 2.75) is 25.4 Å². The molecular formula is C23H20ClN3OS. The van der Waals surface area contributed by atoms with Gasteiger partial charge in [-0.15, -0.1) is 0 Å². The Morgan fingerprint density at radius 2 is 1.83 bits per heavy atom. The Balaban J connectivity index is 1.54. The van der Waals surface area contributed by atoms with Crippen LogP contribution in [-0.2, 0) is 6.54 Å². The van der Waals surface area contributed by atoms with Gasteiger partial charge in [0.2, 0.25) is 0 Å². The summed E-state index contributed by atoms with van der Waals surface area (Å²) in [6.45, 7) is 4.65. The summed E-state index contributed by atoms with van der Waals surface area (Å²) in [5.74, 6) is 0.424. The molecule has 0 amide bonds. The summed E-state index contributed by atoms with van der Waals surface area (Å²) in [7, 11) is 0. The smallest absolute Gasteiger partial charge is 0.174 e. The van der Waals surface area contributed by atoms with Crippen LogP contribution in [0.3, 0.4) is 0 Å². The monoisotopic (exact) mass is 421 g/mol. The predicted octanol–water partition coefficient (Wildman–Crippen LogP) is 5.72. The van der Waals surface area contributed by atoms with Gasteiger partial charge in [-0.25, -0.2) is 9.97 Å². The summed E-state index contributed by atoms with van der Waals surface area (Å²) < 4.78 is 2.14. The molecule has 2 aromatic heterocycles. The molecule has 0 unspecified atom stereocenters. The van der Waals surface area contributed by atoms with Crippen molar-refractivity contribution in [1.82, 2.24) is 14.5 Å². The first kappa shape index (κ1) is 19.7. The van der Waals surface area contributed by atoms with Crippen LogP contribution in [0.5, 0.6) is 0 Å². The molecule has 0 fully saturated rings. The van der Waals surface area contributed by atoms with E-state index in [1.54, 1.807) is 6.33 Å². The summed E-state index contributed by atoms with van der Waals surface area (Å²) in [6, 6.07) is 17.6. The van der Waals surface area contributed by atoms with E-state index in [-0.39, 0.29) is 5.78 Å². The molecule has 0 N–H and O–H groups in total. The Hall–Kier alpha value is -2.63. The average molecular weight is 422 g/mol. The van der Waals surface area contributed by atoms with E-state index in [9.17, 15) is 4.79 Å². The van der Waals surface area contributed by atoms with E-state index in [1.807, 2.05) is 68.4 Å². The lowest BCUT2D eigenvalue weighted by Crippen LogP contribution is -2.08. The van der Waals surface area contributed by atoms with Crippen molar-refractivity contribution in [2.75, 3.05) is 5.75 Å². The van der Waals surface area contributed by atoms with Crippen LogP contribution in [0.1, 0.15) is 27.3 Å². The fraction of sp³-hybridized carbons (Fsp3) is 0.174. The van der Waals surface area contributed by atoms with E-state index < -0.39 is 0 Å². The van der Waals surface area contributed by atoms with Gasteiger partial charge in [0.15, 0.2) is 5.78 Å². The molecule has 146 valence electrons. The first-order valence-electron chi connectivity index (χ1n) is 9.30. The average Bonchev–Trinajstić information content (AvgIpc) is 3.02. The number of aryl methyl sites for hydroxylation is 1. The lowest BCUT2D eigenvalue weighted by atomic mass is 10.2. The van der Waals surface area contributed by atoms with Crippen molar-refractivity contribution < 1.29 is 4.79 Å². The van der Waals surface area contributed by atoms with Crippen LogP contribution >= 0.6 is 23.4 Å². The number of rotatable bonds is 6. The van der Waals surface area contributed by atoms with Gasteiger partial charge in [-0.3, -0.25) is 4.79 Å². The van der Waals surface area contributed by atoms with Gasteiger partial charge in [0.1, 0.15) is 11.4 Å². The van der Waals surface area contributed by atoms with Crippen molar-refractivity contribution >= 4 is 40.0 Å². The highest BCUT2D eigenvalue weighted by Gasteiger charge is 2.17. The molecule has 29 heavy (non-hydrogen) atoms. The number of thioether (sulfide) groups is 1. The van der Waals surface area contributed by atoms with Crippen molar-refractivity contribution in [2.24, 2.45) is 0 Å². The number of fused-ring (bicyclic) bond motifs is 1. The maximum atomic E-state index is 13.0. The van der Waals surface area contributed by atoms with E-state index >= 15 is 0 Å². The number of carbonyl (C=O) groups excluding carboxylic acids is 1. The van der Waals surface area contributed by atoms with Crippen LogP contribution in [0.2, 0.25) is 5.02 Å². The Kier molecular flexibility index (Phi) is 5.69. The van der Waals surface area contributed by atoms with E-state index in [4.69, 9.17) is 11.6 Å². The Labute approximate surface area is 178 Å². The largest absolute Gasteiger partial charge is 0.344 e. The van der Waals surface area contributed by atoms with E-state index in [0.29, 0.717) is 12.3 Å². The SMILES string of the molecule is Cc1cc(C(=O)CSc2ncnc3ccccc23)c(C)n1Cc1ccccc1Cl. The van der Waals surface area contributed by atoms with Gasteiger partial charge >= 0.3 is 0 Å². The molecule has 0 aliphatic carbocycles. The van der Waals surface area contributed by atoms with Crippen molar-refractivity contribution in [3.05, 3.63) is 88.5 Å². The number of carbonyl (C=O) groups is 1. The number of benzene rings is 2. The van der Waals surface area contributed by atoms with Crippen molar-refractivity contribution in [3.63, 3.8) is 0 Å². The second kappa shape index (κ2) is 8.39. The van der Waals surface area contributed by atoms with Gasteiger partial charge < -0.3 is 4.57 Å². The first-order chi connectivity index (χ1) is 14.0. The first-order valence-corrected chi connectivity index (χ1v) is 10.7. The van der Waals surface area contributed by atoms with Gasteiger partial charge in [0.25, 0.3) is 0 Å². The molecule has 0 saturated heterocycles. The van der Waals surface area contributed by atoms with Gasteiger partial charge in [-0.1, -0.05) is 59.8 Å². The minimum absolute atomic E-state index is 0.0937. The number of aromatic nitrogens is 3. The van der Waals surface area contributed by atoms with Gasteiger partial charge in [-0.2, -0.15) is 0 Å². The zero-order chi connectivity index (χ0) is 20.4. The molecule has 0 atom stereocenters. The zero-order valence-corrected chi connectivity index (χ0v) is 17.8. The van der Waals surface area contributed by atoms with Crippen LogP contribution in [0, 0.1) is 13.8 Å². The van der Waals surface area contributed by atoms with E-state index in [1.165, 1.54) is 11.8 Å². The summed E-state index contributed by atoms with van der Waals surface area (Å²) in [5.41, 5.74) is 4.68. The minimum Gasteiger partial charge on any atom is -0.344 e. The third-order valence-electron chi connectivity index (χ3n) is 5.01. The third kappa shape index (κ3) is 4.07. The molecule has 0 radical (unpaired) electrons. The van der Waals surface area contributed by atoms with Crippen LogP contribution in [0.4, 0.5) is 0 Å². The van der Waals surface area contributed by atoms with Gasteiger partial charge in [0, 0.05) is 33.9 Å². The zero-order valence-electron chi connectivity index (χ0n) is 16.2. The molecule has 2 aromatic carbocycles. The van der Waals surface area contributed by atoms with Crippen LogP contribution in [0.25, 0.3) is 10.9 Å². The van der Waals surface area contributed by atoms with Crippen LogP contribution in [-0.4, -0.2) is 26.1 Å². The Morgan fingerprint density at radius 3 is 2.66 bits per heavy atom. The molecule has 0 saturated carbocycles. The molecule has 0 spiro atoms. The fourth-order valence-electron chi connectivity index (χ4n) is 3.43. The topological polar surface area (TPSA) is 47.8 Å². The normalized spacial score (nSPS) is 11.1. The summed E-state index contributed by atoms with van der Waals surface area (Å²) in [4.78, 5) is 21.6. The lowest BCUT2D eigenvalue weighted by Gasteiger charge is -2.11. The van der Waals surface area contributed by atoms with Crippen LogP contribution in [0.15, 0.2) is 66.0 Å². The van der Waals surface area contributed by atoms with Crippen molar-refractivity contribution in [3.8, 4) is 0 Å². The molecule has 2 heterocycles. The molecule has 0 aliphatic rings. The summed E-state index contributed by atoms with van der Waals surface area (Å²) in [5, 5.41) is 2.53. The number of ketones is 1.